The summed E-state index contributed by atoms with van der Waals surface area (Å²) in [5.74, 6) is 0.532. The largest absolute Gasteiger partial charge is 0.493 e. The van der Waals surface area contributed by atoms with Gasteiger partial charge in [-0.15, -0.1) is 0 Å². The summed E-state index contributed by atoms with van der Waals surface area (Å²) in [6, 6.07) is 12.5. The van der Waals surface area contributed by atoms with Crippen LogP contribution in [0.25, 0.3) is 5.69 Å². The summed E-state index contributed by atoms with van der Waals surface area (Å²) in [5.41, 5.74) is 1.62. The summed E-state index contributed by atoms with van der Waals surface area (Å²) in [4.78, 5) is 25.9. The number of rotatable bonds is 6. The van der Waals surface area contributed by atoms with Gasteiger partial charge in [0.2, 0.25) is 0 Å². The Morgan fingerprint density at radius 3 is 2.52 bits per heavy atom. The topological polar surface area (TPSA) is 74.5 Å². The molecule has 0 aliphatic heterocycles. The number of hydrogen-bond acceptors (Lipinski definition) is 4. The number of carbonyl (C=O) groups excluding carboxylic acids is 1. The average Bonchev–Trinajstić information content (AvgIpc) is 2.93. The van der Waals surface area contributed by atoms with E-state index in [1.54, 1.807) is 30.8 Å². The maximum atomic E-state index is 13.0. The van der Waals surface area contributed by atoms with Crippen LogP contribution in [0.2, 0.25) is 0 Å². The van der Waals surface area contributed by atoms with Gasteiger partial charge in [-0.05, 0) is 54.0 Å². The van der Waals surface area contributed by atoms with Gasteiger partial charge in [-0.3, -0.25) is 14.3 Å². The number of nitrogens with one attached hydrogen (secondary N) is 1. The molecule has 8 heteroatoms. The molecule has 0 aliphatic rings. The summed E-state index contributed by atoms with van der Waals surface area (Å²) in [7, 11) is 3.28. The lowest BCUT2D eigenvalue weighted by Gasteiger charge is -2.13. The third kappa shape index (κ3) is 3.93. The van der Waals surface area contributed by atoms with Gasteiger partial charge >= 0.3 is 0 Å². The number of hydrogen-bond donors (Lipinski definition) is 1. The Bertz CT molecular complexity index is 1100. The molecular formula is C21H22BrN3O4. The quantitative estimate of drug-likeness (QED) is 0.606. The molecule has 29 heavy (non-hydrogen) atoms. The Kier molecular flexibility index (Phi) is 6.12. The lowest BCUT2D eigenvalue weighted by molar-refractivity contribution is 0.102. The summed E-state index contributed by atoms with van der Waals surface area (Å²) < 4.78 is 14.7. The maximum Gasteiger partial charge on any atom is 0.295 e. The number of amides is 1. The predicted molar refractivity (Wildman–Crippen MR) is 116 cm³/mol. The average molecular weight is 460 g/mol. The van der Waals surface area contributed by atoms with Gasteiger partial charge < -0.3 is 14.8 Å². The Labute approximate surface area is 177 Å². The lowest BCUT2D eigenvalue weighted by Crippen LogP contribution is -2.23. The molecule has 0 radical (unpaired) electrons. The molecule has 1 N–H and O–H groups in total. The molecule has 0 aliphatic carbocycles. The normalized spacial score (nSPS) is 10.7. The minimum atomic E-state index is -0.418. The van der Waals surface area contributed by atoms with E-state index in [9.17, 15) is 9.59 Å². The molecule has 0 unspecified atom stereocenters. The van der Waals surface area contributed by atoms with Gasteiger partial charge in [-0.2, -0.15) is 0 Å². The van der Waals surface area contributed by atoms with Crippen LogP contribution in [0.5, 0.6) is 11.5 Å². The van der Waals surface area contributed by atoms with Gasteiger partial charge in [-0.25, -0.2) is 4.68 Å². The second-order valence-corrected chi connectivity index (χ2v) is 7.17. The zero-order valence-corrected chi connectivity index (χ0v) is 18.2. The molecule has 0 saturated heterocycles. The molecule has 1 aromatic heterocycles. The first-order chi connectivity index (χ1) is 13.9. The SMILES string of the molecule is CCOc1c(Br)cc(C(=O)Nc2c(C)n(C)n(-c3ccccc3)c2=O)cc1OC. The number of halogens is 1. The molecule has 2 aromatic carbocycles. The van der Waals surface area contributed by atoms with Crippen LogP contribution in [-0.2, 0) is 7.05 Å². The smallest absolute Gasteiger partial charge is 0.295 e. The monoisotopic (exact) mass is 459 g/mol. The standard InChI is InChI=1S/C21H22BrN3O4/c1-5-29-19-16(22)11-14(12-17(19)28-4)20(26)23-18-13(2)24(3)25(21(18)27)15-9-7-6-8-10-15/h6-12H,5H2,1-4H3,(H,23,26). The van der Waals surface area contributed by atoms with E-state index < -0.39 is 5.91 Å². The molecule has 1 amide bonds. The number of anilines is 1. The first-order valence-electron chi connectivity index (χ1n) is 9.04. The number of aromatic nitrogens is 2. The number of benzene rings is 2. The van der Waals surface area contributed by atoms with E-state index in [1.165, 1.54) is 11.8 Å². The van der Waals surface area contributed by atoms with Gasteiger partial charge in [0.05, 0.1) is 29.6 Å². The van der Waals surface area contributed by atoms with Crippen LogP contribution < -0.4 is 20.3 Å². The van der Waals surface area contributed by atoms with Crippen LogP contribution in [-0.4, -0.2) is 29.0 Å². The summed E-state index contributed by atoms with van der Waals surface area (Å²) in [5, 5.41) is 2.75. The highest BCUT2D eigenvalue weighted by atomic mass is 79.9. The fourth-order valence-corrected chi connectivity index (χ4v) is 3.59. The Balaban J connectivity index is 1.98. The highest BCUT2D eigenvalue weighted by molar-refractivity contribution is 9.10. The number of methoxy groups -OCH3 is 1. The minimum Gasteiger partial charge on any atom is -0.493 e. The molecule has 1 heterocycles. The van der Waals surface area contributed by atoms with Gasteiger partial charge in [-0.1, -0.05) is 18.2 Å². The van der Waals surface area contributed by atoms with E-state index >= 15 is 0 Å². The van der Waals surface area contributed by atoms with Gasteiger partial charge in [0.1, 0.15) is 5.69 Å². The van der Waals surface area contributed by atoms with Crippen LogP contribution in [0.1, 0.15) is 23.0 Å². The van der Waals surface area contributed by atoms with E-state index in [4.69, 9.17) is 9.47 Å². The van der Waals surface area contributed by atoms with Crippen LogP contribution in [0.15, 0.2) is 51.7 Å². The van der Waals surface area contributed by atoms with Crippen molar-refractivity contribution < 1.29 is 14.3 Å². The zero-order valence-electron chi connectivity index (χ0n) is 16.7. The third-order valence-electron chi connectivity index (χ3n) is 4.57. The molecule has 0 bridgehead atoms. The summed E-state index contributed by atoms with van der Waals surface area (Å²) >= 11 is 3.41. The van der Waals surface area contributed by atoms with Crippen molar-refractivity contribution in [3.63, 3.8) is 0 Å². The van der Waals surface area contributed by atoms with Gasteiger partial charge in [0.25, 0.3) is 11.5 Å². The van der Waals surface area contributed by atoms with Crippen LogP contribution in [0, 0.1) is 6.92 Å². The highest BCUT2D eigenvalue weighted by Crippen LogP contribution is 2.36. The highest BCUT2D eigenvalue weighted by Gasteiger charge is 2.21. The van der Waals surface area contributed by atoms with E-state index in [0.717, 1.165) is 0 Å². The van der Waals surface area contributed by atoms with E-state index in [2.05, 4.69) is 21.2 Å². The number of nitrogens with zero attached hydrogens (tertiary/aromatic N) is 2. The maximum absolute atomic E-state index is 13.0. The van der Waals surface area contributed by atoms with Crippen LogP contribution in [0.4, 0.5) is 5.69 Å². The number of carbonyl (C=O) groups is 1. The minimum absolute atomic E-state index is 0.227. The molecule has 0 atom stereocenters. The Morgan fingerprint density at radius 2 is 1.90 bits per heavy atom. The van der Waals surface area contributed by atoms with Crippen molar-refractivity contribution in [1.29, 1.82) is 0 Å². The predicted octanol–water partition coefficient (Wildman–Crippen LogP) is 3.91. The summed E-state index contributed by atoms with van der Waals surface area (Å²) in [6.45, 7) is 4.11. The van der Waals surface area contributed by atoms with E-state index in [-0.39, 0.29) is 11.2 Å². The van der Waals surface area contributed by atoms with Crippen molar-refractivity contribution >= 4 is 27.5 Å². The molecule has 0 saturated carbocycles. The molecule has 0 spiro atoms. The zero-order chi connectivity index (χ0) is 21.1. The lowest BCUT2D eigenvalue weighted by atomic mass is 10.2. The van der Waals surface area contributed by atoms with Crippen molar-refractivity contribution in [2.45, 2.75) is 13.8 Å². The first-order valence-corrected chi connectivity index (χ1v) is 9.84. The Morgan fingerprint density at radius 1 is 1.21 bits per heavy atom. The van der Waals surface area contributed by atoms with Crippen molar-refractivity contribution in [1.82, 2.24) is 9.36 Å². The van der Waals surface area contributed by atoms with Gasteiger partial charge in [0, 0.05) is 12.6 Å². The molecule has 3 rings (SSSR count). The number of para-hydroxylation sites is 1. The fraction of sp³-hybridized carbons (Fsp3) is 0.238. The first kappa shape index (κ1) is 20.7. The van der Waals surface area contributed by atoms with E-state index in [1.807, 2.05) is 37.3 Å². The number of ether oxygens (including phenoxy) is 2. The van der Waals surface area contributed by atoms with Crippen LogP contribution in [0.3, 0.4) is 0 Å². The van der Waals surface area contributed by atoms with Crippen LogP contribution >= 0.6 is 15.9 Å². The second-order valence-electron chi connectivity index (χ2n) is 6.31. The second kappa shape index (κ2) is 8.57. The van der Waals surface area contributed by atoms with Crippen molar-refractivity contribution in [2.24, 2.45) is 7.05 Å². The molecule has 3 aromatic rings. The molecular weight excluding hydrogens is 438 g/mol. The van der Waals surface area contributed by atoms with Crippen molar-refractivity contribution in [2.75, 3.05) is 19.0 Å². The third-order valence-corrected chi connectivity index (χ3v) is 5.16. The Hall–Kier alpha value is -3.00. The van der Waals surface area contributed by atoms with Crippen molar-refractivity contribution in [3.05, 3.63) is 68.5 Å². The fourth-order valence-electron chi connectivity index (χ4n) is 3.03. The van der Waals surface area contributed by atoms with Crippen molar-refractivity contribution in [3.8, 4) is 17.2 Å². The van der Waals surface area contributed by atoms with E-state index in [0.29, 0.717) is 39.5 Å². The molecule has 7 nitrogen and oxygen atoms in total. The summed E-state index contributed by atoms with van der Waals surface area (Å²) in [6.07, 6.45) is 0. The van der Waals surface area contributed by atoms with Gasteiger partial charge in [0.15, 0.2) is 11.5 Å². The molecule has 0 fully saturated rings. The molecule has 152 valence electrons.